The van der Waals surface area contributed by atoms with Crippen molar-refractivity contribution in [1.29, 1.82) is 0 Å². The van der Waals surface area contributed by atoms with Crippen molar-refractivity contribution < 1.29 is 4.79 Å². The lowest BCUT2D eigenvalue weighted by atomic mass is 9.97. The van der Waals surface area contributed by atoms with Crippen LogP contribution in [0.15, 0.2) is 31.0 Å². The smallest absolute Gasteiger partial charge is 0.274 e. The van der Waals surface area contributed by atoms with Crippen LogP contribution in [0, 0.1) is 0 Å². The third-order valence-electron chi connectivity index (χ3n) is 5.14. The van der Waals surface area contributed by atoms with Crippen molar-refractivity contribution in [2.45, 2.75) is 38.8 Å². The summed E-state index contributed by atoms with van der Waals surface area (Å²) in [6.07, 6.45) is 9.23. The SMILES string of the molecule is CCn1ccc(C(=O)N2CCC[C@H](c3nnc(Cn4ccnc4)n3C)C2)n1. The normalized spacial score (nSPS) is 17.4. The molecule has 0 aliphatic carbocycles. The van der Waals surface area contributed by atoms with Gasteiger partial charge in [-0.3, -0.25) is 9.48 Å². The zero-order valence-electron chi connectivity index (χ0n) is 15.7. The maximum atomic E-state index is 12.8. The monoisotopic (exact) mass is 368 g/mol. The summed E-state index contributed by atoms with van der Waals surface area (Å²) in [6, 6.07) is 1.79. The van der Waals surface area contributed by atoms with Crippen molar-refractivity contribution in [3.63, 3.8) is 0 Å². The number of carbonyl (C=O) groups is 1. The van der Waals surface area contributed by atoms with Gasteiger partial charge < -0.3 is 14.0 Å². The molecule has 3 aromatic rings. The van der Waals surface area contributed by atoms with Crippen LogP contribution in [0.25, 0.3) is 0 Å². The molecule has 1 aliphatic rings. The summed E-state index contributed by atoms with van der Waals surface area (Å²) in [5.74, 6) is 1.99. The van der Waals surface area contributed by atoms with Crippen LogP contribution in [0.2, 0.25) is 0 Å². The van der Waals surface area contributed by atoms with E-state index in [2.05, 4.69) is 20.3 Å². The first kappa shape index (κ1) is 17.4. The minimum atomic E-state index is -0.00675. The lowest BCUT2D eigenvalue weighted by Gasteiger charge is -2.31. The molecule has 9 nitrogen and oxygen atoms in total. The van der Waals surface area contributed by atoms with Crippen LogP contribution in [0.1, 0.15) is 47.8 Å². The third-order valence-corrected chi connectivity index (χ3v) is 5.14. The van der Waals surface area contributed by atoms with Gasteiger partial charge in [0, 0.05) is 51.2 Å². The Bertz CT molecular complexity index is 910. The van der Waals surface area contributed by atoms with Gasteiger partial charge in [0.25, 0.3) is 5.91 Å². The maximum Gasteiger partial charge on any atom is 0.274 e. The van der Waals surface area contributed by atoms with Crippen molar-refractivity contribution in [2.24, 2.45) is 7.05 Å². The van der Waals surface area contributed by atoms with Crippen LogP contribution in [0.5, 0.6) is 0 Å². The Morgan fingerprint density at radius 2 is 2.19 bits per heavy atom. The van der Waals surface area contributed by atoms with Gasteiger partial charge in [0.15, 0.2) is 5.82 Å². The highest BCUT2D eigenvalue weighted by atomic mass is 16.2. The number of rotatable bonds is 5. The van der Waals surface area contributed by atoms with Crippen LogP contribution in [0.3, 0.4) is 0 Å². The summed E-state index contributed by atoms with van der Waals surface area (Å²) in [7, 11) is 1.99. The van der Waals surface area contributed by atoms with Crippen molar-refractivity contribution in [1.82, 2.24) is 39.0 Å². The number of likely N-dealkylation sites (tertiary alicyclic amines) is 1. The molecule has 27 heavy (non-hydrogen) atoms. The van der Waals surface area contributed by atoms with E-state index in [1.165, 1.54) is 0 Å². The number of aryl methyl sites for hydroxylation is 1. The standard InChI is InChI=1S/C18H24N8O/c1-3-26-9-6-15(22-26)18(27)25-8-4-5-14(11-25)17-21-20-16(23(17)2)12-24-10-7-19-13-24/h6-7,9-10,13-14H,3-5,8,11-12H2,1-2H3/t14-/m0/s1. The minimum absolute atomic E-state index is 0.00675. The van der Waals surface area contributed by atoms with Crippen molar-refractivity contribution >= 4 is 5.91 Å². The Labute approximate surface area is 157 Å². The van der Waals surface area contributed by atoms with Crippen LogP contribution in [-0.2, 0) is 20.1 Å². The number of nitrogens with zero attached hydrogens (tertiary/aromatic N) is 8. The molecular formula is C18H24N8O. The molecule has 9 heteroatoms. The molecule has 0 N–H and O–H groups in total. The first-order valence-electron chi connectivity index (χ1n) is 9.32. The molecule has 1 saturated heterocycles. The van der Waals surface area contributed by atoms with Crippen LogP contribution < -0.4 is 0 Å². The van der Waals surface area contributed by atoms with Crippen LogP contribution >= 0.6 is 0 Å². The number of amides is 1. The highest BCUT2D eigenvalue weighted by Gasteiger charge is 2.29. The average Bonchev–Trinajstić information content (AvgIpc) is 3.44. The summed E-state index contributed by atoms with van der Waals surface area (Å²) in [4.78, 5) is 18.8. The molecule has 0 radical (unpaired) electrons. The molecule has 0 aromatic carbocycles. The van der Waals surface area contributed by atoms with E-state index in [9.17, 15) is 4.79 Å². The quantitative estimate of drug-likeness (QED) is 0.677. The first-order chi connectivity index (χ1) is 13.2. The molecular weight excluding hydrogens is 344 g/mol. The number of aromatic nitrogens is 7. The highest BCUT2D eigenvalue weighted by Crippen LogP contribution is 2.26. The van der Waals surface area contributed by atoms with Gasteiger partial charge in [-0.25, -0.2) is 4.98 Å². The van der Waals surface area contributed by atoms with E-state index in [1.807, 2.05) is 40.4 Å². The van der Waals surface area contributed by atoms with Crippen molar-refractivity contribution in [3.8, 4) is 0 Å². The molecule has 1 aliphatic heterocycles. The lowest BCUT2D eigenvalue weighted by molar-refractivity contribution is 0.0696. The molecule has 1 amide bonds. The number of hydrogen-bond acceptors (Lipinski definition) is 5. The number of imidazole rings is 1. The van der Waals surface area contributed by atoms with Crippen molar-refractivity contribution in [2.75, 3.05) is 13.1 Å². The highest BCUT2D eigenvalue weighted by molar-refractivity contribution is 5.92. The Balaban J connectivity index is 1.48. The minimum Gasteiger partial charge on any atom is -0.337 e. The third kappa shape index (κ3) is 3.49. The summed E-state index contributed by atoms with van der Waals surface area (Å²) in [5.41, 5.74) is 0.510. The lowest BCUT2D eigenvalue weighted by Crippen LogP contribution is -2.40. The Morgan fingerprint density at radius 1 is 1.30 bits per heavy atom. The van der Waals surface area contributed by atoms with E-state index >= 15 is 0 Å². The topological polar surface area (TPSA) is 86.7 Å². The molecule has 0 bridgehead atoms. The second-order valence-electron chi connectivity index (χ2n) is 6.92. The average molecular weight is 368 g/mol. The maximum absolute atomic E-state index is 12.8. The van der Waals surface area contributed by atoms with Crippen molar-refractivity contribution in [3.05, 3.63) is 48.3 Å². The predicted molar refractivity (Wildman–Crippen MR) is 98.1 cm³/mol. The summed E-state index contributed by atoms with van der Waals surface area (Å²) >= 11 is 0. The molecule has 0 saturated carbocycles. The second kappa shape index (κ2) is 7.34. The van der Waals surface area contributed by atoms with E-state index in [4.69, 9.17) is 0 Å². The van der Waals surface area contributed by atoms with Gasteiger partial charge in [0.2, 0.25) is 0 Å². The van der Waals surface area contributed by atoms with E-state index < -0.39 is 0 Å². The van der Waals surface area contributed by atoms with Gasteiger partial charge in [-0.05, 0) is 25.8 Å². The molecule has 4 heterocycles. The number of carbonyl (C=O) groups excluding carboxylic acids is 1. The fourth-order valence-corrected chi connectivity index (χ4v) is 3.60. The fraction of sp³-hybridized carbons (Fsp3) is 0.500. The first-order valence-corrected chi connectivity index (χ1v) is 9.32. The van der Waals surface area contributed by atoms with Gasteiger partial charge in [0.1, 0.15) is 11.5 Å². The second-order valence-corrected chi connectivity index (χ2v) is 6.92. The largest absolute Gasteiger partial charge is 0.337 e. The molecule has 0 unspecified atom stereocenters. The zero-order valence-corrected chi connectivity index (χ0v) is 15.7. The molecule has 1 atom stereocenters. The van der Waals surface area contributed by atoms with E-state index in [1.54, 1.807) is 23.3 Å². The fourth-order valence-electron chi connectivity index (χ4n) is 3.60. The van der Waals surface area contributed by atoms with Crippen LogP contribution in [0.4, 0.5) is 0 Å². The van der Waals surface area contributed by atoms with E-state index in [0.717, 1.165) is 37.6 Å². The van der Waals surface area contributed by atoms with Gasteiger partial charge in [0.05, 0.1) is 12.9 Å². The van der Waals surface area contributed by atoms with E-state index in [-0.39, 0.29) is 11.8 Å². The molecule has 3 aromatic heterocycles. The molecule has 1 fully saturated rings. The van der Waals surface area contributed by atoms with Gasteiger partial charge in [-0.15, -0.1) is 10.2 Å². The van der Waals surface area contributed by atoms with Gasteiger partial charge >= 0.3 is 0 Å². The summed E-state index contributed by atoms with van der Waals surface area (Å²) < 4.78 is 5.79. The number of piperidine rings is 1. The Hall–Kier alpha value is -2.97. The number of hydrogen-bond donors (Lipinski definition) is 0. The summed E-state index contributed by atoms with van der Waals surface area (Å²) in [5, 5.41) is 13.1. The molecule has 4 rings (SSSR count). The Kier molecular flexibility index (Phi) is 4.74. The zero-order chi connectivity index (χ0) is 18.8. The molecule has 142 valence electrons. The van der Waals surface area contributed by atoms with E-state index in [0.29, 0.717) is 18.8 Å². The predicted octanol–water partition coefficient (Wildman–Crippen LogP) is 1.30. The summed E-state index contributed by atoms with van der Waals surface area (Å²) in [6.45, 7) is 4.80. The van der Waals surface area contributed by atoms with Crippen LogP contribution in [-0.4, -0.2) is 58.0 Å². The van der Waals surface area contributed by atoms with Gasteiger partial charge in [-0.2, -0.15) is 5.10 Å². The van der Waals surface area contributed by atoms with Gasteiger partial charge in [-0.1, -0.05) is 0 Å². The Morgan fingerprint density at radius 3 is 2.93 bits per heavy atom. The molecule has 0 spiro atoms.